The molecule has 0 spiro atoms. The first kappa shape index (κ1) is 19.0. The van der Waals surface area contributed by atoms with Crippen LogP contribution in [0.3, 0.4) is 0 Å². The van der Waals surface area contributed by atoms with Crippen LogP contribution < -0.4 is 10.0 Å². The van der Waals surface area contributed by atoms with E-state index in [9.17, 15) is 13.2 Å². The first-order valence-electron chi connectivity index (χ1n) is 8.17. The molecule has 25 heavy (non-hydrogen) atoms. The number of nitrogens with one attached hydrogen (secondary N) is 2. The van der Waals surface area contributed by atoms with Crippen LogP contribution in [0.15, 0.2) is 42.5 Å². The number of hydrogen-bond donors (Lipinski definition) is 2. The molecule has 2 N–H and O–H groups in total. The summed E-state index contributed by atoms with van der Waals surface area (Å²) in [5.74, 6) is -0.247. The number of carbonyl (C=O) groups is 1. The number of carbonyl (C=O) groups excluding carboxylic acids is 1. The van der Waals surface area contributed by atoms with Crippen molar-refractivity contribution < 1.29 is 13.2 Å². The molecule has 0 radical (unpaired) electrons. The Balaban J connectivity index is 2.15. The highest BCUT2D eigenvalue weighted by molar-refractivity contribution is 7.92. The number of aryl methyl sites for hydroxylation is 2. The highest BCUT2D eigenvalue weighted by Crippen LogP contribution is 2.19. The van der Waals surface area contributed by atoms with Crippen molar-refractivity contribution in [2.45, 2.75) is 33.2 Å². The van der Waals surface area contributed by atoms with Crippen LogP contribution in [0, 0.1) is 6.92 Å². The van der Waals surface area contributed by atoms with E-state index in [4.69, 9.17) is 0 Å². The van der Waals surface area contributed by atoms with Crippen LogP contribution >= 0.6 is 0 Å². The molecule has 134 valence electrons. The molecule has 5 nitrogen and oxygen atoms in total. The summed E-state index contributed by atoms with van der Waals surface area (Å²) in [6.07, 6.45) is 2.06. The number of rotatable bonds is 6. The van der Waals surface area contributed by atoms with Crippen molar-refractivity contribution in [2.75, 3.05) is 11.0 Å². The van der Waals surface area contributed by atoms with E-state index in [0.29, 0.717) is 11.3 Å². The average molecular weight is 360 g/mol. The first-order valence-corrected chi connectivity index (χ1v) is 10.1. The number of benzene rings is 2. The Morgan fingerprint density at radius 3 is 2.32 bits per heavy atom. The topological polar surface area (TPSA) is 75.3 Å². The van der Waals surface area contributed by atoms with Crippen LogP contribution in [0.5, 0.6) is 0 Å². The Morgan fingerprint density at radius 1 is 1.12 bits per heavy atom. The van der Waals surface area contributed by atoms with Gasteiger partial charge >= 0.3 is 0 Å². The molecule has 0 saturated carbocycles. The predicted molar refractivity (Wildman–Crippen MR) is 101 cm³/mol. The Labute approximate surface area is 149 Å². The SMILES string of the molecule is CCc1ccc([C@H](C)NC(=O)c2ccc(C)c(NS(C)(=O)=O)c2)cc1. The van der Waals surface area contributed by atoms with E-state index < -0.39 is 10.0 Å². The summed E-state index contributed by atoms with van der Waals surface area (Å²) in [5.41, 5.74) is 3.85. The van der Waals surface area contributed by atoms with Crippen molar-refractivity contribution in [1.82, 2.24) is 5.32 Å². The molecule has 1 atom stereocenters. The Kier molecular flexibility index (Phi) is 5.85. The standard InChI is InChI=1S/C19H24N2O3S/c1-5-15-7-10-16(11-8-15)14(3)20-19(22)17-9-6-13(2)18(12-17)21-25(4,23)24/h6-12,14,21H,5H2,1-4H3,(H,20,22)/t14-/m0/s1. The minimum absolute atomic E-state index is 0.147. The largest absolute Gasteiger partial charge is 0.346 e. The fraction of sp³-hybridized carbons (Fsp3) is 0.316. The van der Waals surface area contributed by atoms with Gasteiger partial charge in [-0.3, -0.25) is 9.52 Å². The summed E-state index contributed by atoms with van der Waals surface area (Å²) in [5, 5.41) is 2.94. The summed E-state index contributed by atoms with van der Waals surface area (Å²) in [6.45, 7) is 5.80. The lowest BCUT2D eigenvalue weighted by Gasteiger charge is -2.16. The van der Waals surface area contributed by atoms with Crippen molar-refractivity contribution >= 4 is 21.6 Å². The summed E-state index contributed by atoms with van der Waals surface area (Å²) in [7, 11) is -3.40. The molecule has 0 saturated heterocycles. The van der Waals surface area contributed by atoms with Gasteiger partial charge in [0.2, 0.25) is 10.0 Å². The van der Waals surface area contributed by atoms with Crippen LogP contribution in [-0.2, 0) is 16.4 Å². The Morgan fingerprint density at radius 2 is 1.76 bits per heavy atom. The second-order valence-electron chi connectivity index (χ2n) is 6.19. The van der Waals surface area contributed by atoms with Gasteiger partial charge in [0.15, 0.2) is 0 Å². The lowest BCUT2D eigenvalue weighted by molar-refractivity contribution is 0.0940. The second kappa shape index (κ2) is 7.70. The van der Waals surface area contributed by atoms with E-state index >= 15 is 0 Å². The third-order valence-electron chi connectivity index (χ3n) is 4.03. The van der Waals surface area contributed by atoms with Crippen LogP contribution in [-0.4, -0.2) is 20.6 Å². The molecule has 0 aliphatic heterocycles. The molecule has 6 heteroatoms. The highest BCUT2D eigenvalue weighted by atomic mass is 32.2. The minimum Gasteiger partial charge on any atom is -0.346 e. The van der Waals surface area contributed by atoms with Gasteiger partial charge in [0.1, 0.15) is 0 Å². The molecule has 0 aliphatic rings. The van der Waals surface area contributed by atoms with E-state index in [2.05, 4.69) is 29.1 Å². The maximum atomic E-state index is 12.5. The van der Waals surface area contributed by atoms with Crippen molar-refractivity contribution in [3.63, 3.8) is 0 Å². The van der Waals surface area contributed by atoms with Crippen LogP contribution in [0.2, 0.25) is 0 Å². The van der Waals surface area contributed by atoms with Gasteiger partial charge in [-0.1, -0.05) is 37.3 Å². The van der Waals surface area contributed by atoms with Crippen molar-refractivity contribution in [2.24, 2.45) is 0 Å². The number of sulfonamides is 1. The molecule has 2 aromatic rings. The van der Waals surface area contributed by atoms with Gasteiger partial charge in [0.25, 0.3) is 5.91 Å². The third-order valence-corrected chi connectivity index (χ3v) is 4.62. The number of anilines is 1. The van der Waals surface area contributed by atoms with Gasteiger partial charge in [0, 0.05) is 5.56 Å². The van der Waals surface area contributed by atoms with Crippen LogP contribution in [0.1, 0.15) is 46.9 Å². The maximum Gasteiger partial charge on any atom is 0.251 e. The molecule has 0 heterocycles. The van der Waals surface area contributed by atoms with Gasteiger partial charge in [-0.25, -0.2) is 8.42 Å². The summed E-state index contributed by atoms with van der Waals surface area (Å²) in [6, 6.07) is 12.9. The lowest BCUT2D eigenvalue weighted by atomic mass is 10.0. The molecule has 2 rings (SSSR count). The van der Waals surface area contributed by atoms with E-state index in [0.717, 1.165) is 23.8 Å². The number of amides is 1. The fourth-order valence-corrected chi connectivity index (χ4v) is 3.10. The first-order chi connectivity index (χ1) is 11.7. The third kappa shape index (κ3) is 5.32. The normalized spacial score (nSPS) is 12.5. The summed E-state index contributed by atoms with van der Waals surface area (Å²) < 4.78 is 25.3. The van der Waals surface area contributed by atoms with Gasteiger partial charge in [-0.05, 0) is 49.1 Å². The second-order valence-corrected chi connectivity index (χ2v) is 7.94. The van der Waals surface area contributed by atoms with Gasteiger partial charge in [0.05, 0.1) is 18.0 Å². The zero-order valence-corrected chi connectivity index (χ0v) is 15.8. The molecule has 2 aromatic carbocycles. The smallest absolute Gasteiger partial charge is 0.251 e. The van der Waals surface area contributed by atoms with Gasteiger partial charge in [-0.2, -0.15) is 0 Å². The van der Waals surface area contributed by atoms with Crippen molar-refractivity contribution in [1.29, 1.82) is 0 Å². The van der Waals surface area contributed by atoms with E-state index in [-0.39, 0.29) is 11.9 Å². The monoisotopic (exact) mass is 360 g/mol. The molecule has 0 unspecified atom stereocenters. The molecule has 0 aromatic heterocycles. The highest BCUT2D eigenvalue weighted by Gasteiger charge is 2.14. The van der Waals surface area contributed by atoms with E-state index in [1.54, 1.807) is 25.1 Å². The molecule has 0 fully saturated rings. The van der Waals surface area contributed by atoms with Crippen molar-refractivity contribution in [3.05, 3.63) is 64.7 Å². The quantitative estimate of drug-likeness (QED) is 0.829. The van der Waals surface area contributed by atoms with Gasteiger partial charge < -0.3 is 5.32 Å². The summed E-state index contributed by atoms with van der Waals surface area (Å²) >= 11 is 0. The van der Waals surface area contributed by atoms with Crippen molar-refractivity contribution in [3.8, 4) is 0 Å². The van der Waals surface area contributed by atoms with Gasteiger partial charge in [-0.15, -0.1) is 0 Å². The number of hydrogen-bond acceptors (Lipinski definition) is 3. The van der Waals surface area contributed by atoms with Crippen LogP contribution in [0.25, 0.3) is 0 Å². The minimum atomic E-state index is -3.40. The molecule has 0 bridgehead atoms. The molecule has 1 amide bonds. The Bertz CT molecular complexity index is 859. The lowest BCUT2D eigenvalue weighted by Crippen LogP contribution is -2.26. The summed E-state index contributed by atoms with van der Waals surface area (Å²) in [4.78, 5) is 12.5. The predicted octanol–water partition coefficient (Wildman–Crippen LogP) is 3.42. The fourth-order valence-electron chi connectivity index (χ4n) is 2.48. The van der Waals surface area contributed by atoms with E-state index in [1.807, 2.05) is 19.1 Å². The maximum absolute atomic E-state index is 12.5. The molecule has 0 aliphatic carbocycles. The zero-order chi connectivity index (χ0) is 18.6. The molecular formula is C19H24N2O3S. The van der Waals surface area contributed by atoms with E-state index in [1.165, 1.54) is 5.56 Å². The zero-order valence-electron chi connectivity index (χ0n) is 15.0. The van der Waals surface area contributed by atoms with Crippen LogP contribution in [0.4, 0.5) is 5.69 Å². The average Bonchev–Trinajstić information content (AvgIpc) is 2.55. The Hall–Kier alpha value is -2.34. The molecular weight excluding hydrogens is 336 g/mol.